The molecule has 0 saturated carbocycles. The fraction of sp³-hybridized carbons (Fsp3) is 0.471. The second-order valence-electron chi connectivity index (χ2n) is 5.77. The molecule has 2 heterocycles. The Labute approximate surface area is 125 Å². The molecule has 0 aliphatic carbocycles. The molecule has 0 N–H and O–H groups in total. The van der Waals surface area contributed by atoms with Gasteiger partial charge in [-0.15, -0.1) is 0 Å². The zero-order valence-corrected chi connectivity index (χ0v) is 13.0. The van der Waals surface area contributed by atoms with Crippen LogP contribution >= 0.6 is 0 Å². The van der Waals surface area contributed by atoms with Gasteiger partial charge < -0.3 is 9.30 Å². The highest BCUT2D eigenvalue weighted by atomic mass is 16.5. The van der Waals surface area contributed by atoms with Crippen LogP contribution in [0.15, 0.2) is 18.2 Å². The highest BCUT2D eigenvalue weighted by molar-refractivity contribution is 5.86. The Hall–Kier alpha value is -1.81. The lowest BCUT2D eigenvalue weighted by atomic mass is 10.1. The van der Waals surface area contributed by atoms with Gasteiger partial charge in [0.2, 0.25) is 0 Å². The average Bonchev–Trinajstić information content (AvgIpc) is 2.97. The molecule has 4 heteroatoms. The molecule has 1 aliphatic rings. The molecule has 1 aromatic heterocycles. The Kier molecular flexibility index (Phi) is 3.72. The first-order valence-corrected chi connectivity index (χ1v) is 7.55. The van der Waals surface area contributed by atoms with E-state index in [0.29, 0.717) is 13.0 Å². The van der Waals surface area contributed by atoms with Crippen molar-refractivity contribution in [2.45, 2.75) is 33.4 Å². The number of hydrogen-bond acceptors (Lipinski definition) is 3. The first-order chi connectivity index (χ1) is 10.1. The third-order valence-corrected chi connectivity index (χ3v) is 4.28. The SMILES string of the molecule is CCOC(=O)CCN1Cc2c(n(C)c3ccc(C)cc23)C1. The maximum absolute atomic E-state index is 11.5. The number of hydrogen-bond donors (Lipinski definition) is 0. The van der Waals surface area contributed by atoms with Crippen molar-refractivity contribution in [2.75, 3.05) is 13.2 Å². The summed E-state index contributed by atoms with van der Waals surface area (Å²) in [6.45, 7) is 7.04. The van der Waals surface area contributed by atoms with Gasteiger partial charge in [-0.1, -0.05) is 11.6 Å². The smallest absolute Gasteiger partial charge is 0.307 e. The molecule has 21 heavy (non-hydrogen) atoms. The molecule has 0 amide bonds. The van der Waals surface area contributed by atoms with Gasteiger partial charge in [-0.05, 0) is 31.5 Å². The van der Waals surface area contributed by atoms with E-state index in [1.54, 1.807) is 0 Å². The summed E-state index contributed by atoms with van der Waals surface area (Å²) in [7, 11) is 2.13. The minimum atomic E-state index is -0.103. The molecule has 0 saturated heterocycles. The maximum Gasteiger partial charge on any atom is 0.307 e. The summed E-state index contributed by atoms with van der Waals surface area (Å²) in [6, 6.07) is 6.63. The zero-order valence-electron chi connectivity index (χ0n) is 13.0. The lowest BCUT2D eigenvalue weighted by Crippen LogP contribution is -2.22. The number of rotatable bonds is 4. The van der Waals surface area contributed by atoms with E-state index in [2.05, 4.69) is 41.6 Å². The van der Waals surface area contributed by atoms with Crippen molar-refractivity contribution in [3.63, 3.8) is 0 Å². The molecular weight excluding hydrogens is 264 g/mol. The number of aryl methyl sites for hydroxylation is 2. The molecule has 0 radical (unpaired) electrons. The summed E-state index contributed by atoms with van der Waals surface area (Å²) >= 11 is 0. The maximum atomic E-state index is 11.5. The van der Waals surface area contributed by atoms with Crippen LogP contribution in [-0.4, -0.2) is 28.6 Å². The van der Waals surface area contributed by atoms with Gasteiger partial charge in [0.1, 0.15) is 0 Å². The van der Waals surface area contributed by atoms with Gasteiger partial charge in [0.05, 0.1) is 13.0 Å². The molecule has 4 nitrogen and oxygen atoms in total. The van der Waals surface area contributed by atoms with Crippen LogP contribution in [0.4, 0.5) is 0 Å². The van der Waals surface area contributed by atoms with E-state index < -0.39 is 0 Å². The molecule has 3 rings (SSSR count). The Balaban J connectivity index is 1.77. The van der Waals surface area contributed by atoms with Crippen LogP contribution in [0.5, 0.6) is 0 Å². The third-order valence-electron chi connectivity index (χ3n) is 4.28. The lowest BCUT2D eigenvalue weighted by Gasteiger charge is -2.15. The van der Waals surface area contributed by atoms with Crippen LogP contribution in [-0.2, 0) is 29.7 Å². The number of carbonyl (C=O) groups excluding carboxylic acids is 1. The number of esters is 1. The first kappa shape index (κ1) is 14.1. The van der Waals surface area contributed by atoms with Gasteiger partial charge in [-0.25, -0.2) is 0 Å². The molecule has 0 spiro atoms. The van der Waals surface area contributed by atoms with Crippen molar-refractivity contribution in [2.24, 2.45) is 7.05 Å². The number of benzene rings is 1. The van der Waals surface area contributed by atoms with E-state index in [-0.39, 0.29) is 5.97 Å². The number of carbonyl (C=O) groups is 1. The predicted octanol–water partition coefficient (Wildman–Crippen LogP) is 2.76. The lowest BCUT2D eigenvalue weighted by molar-refractivity contribution is -0.143. The molecule has 0 fully saturated rings. The van der Waals surface area contributed by atoms with E-state index in [0.717, 1.165) is 19.6 Å². The summed E-state index contributed by atoms with van der Waals surface area (Å²) in [6.07, 6.45) is 0.471. The van der Waals surface area contributed by atoms with E-state index in [1.165, 1.54) is 27.7 Å². The largest absolute Gasteiger partial charge is 0.466 e. The van der Waals surface area contributed by atoms with Crippen molar-refractivity contribution < 1.29 is 9.53 Å². The van der Waals surface area contributed by atoms with Crippen molar-refractivity contribution in [1.82, 2.24) is 9.47 Å². The number of nitrogens with zero attached hydrogens (tertiary/aromatic N) is 2. The summed E-state index contributed by atoms with van der Waals surface area (Å²) < 4.78 is 7.29. The minimum Gasteiger partial charge on any atom is -0.466 e. The number of fused-ring (bicyclic) bond motifs is 3. The normalized spacial score (nSPS) is 14.6. The van der Waals surface area contributed by atoms with E-state index in [4.69, 9.17) is 4.74 Å². The number of ether oxygens (including phenoxy) is 1. The molecule has 1 aliphatic heterocycles. The monoisotopic (exact) mass is 286 g/mol. The van der Waals surface area contributed by atoms with Crippen LogP contribution in [0.3, 0.4) is 0 Å². The predicted molar refractivity (Wildman–Crippen MR) is 83.0 cm³/mol. The third kappa shape index (κ3) is 2.56. The zero-order chi connectivity index (χ0) is 15.0. The van der Waals surface area contributed by atoms with Gasteiger partial charge >= 0.3 is 5.97 Å². The fourth-order valence-electron chi connectivity index (χ4n) is 3.20. The second kappa shape index (κ2) is 5.53. The van der Waals surface area contributed by atoms with Crippen LogP contribution in [0.2, 0.25) is 0 Å². The summed E-state index contributed by atoms with van der Waals surface area (Å²) in [5, 5.41) is 1.35. The van der Waals surface area contributed by atoms with Crippen molar-refractivity contribution >= 4 is 16.9 Å². The van der Waals surface area contributed by atoms with Crippen LogP contribution < -0.4 is 0 Å². The Morgan fingerprint density at radius 3 is 2.90 bits per heavy atom. The van der Waals surface area contributed by atoms with E-state index in [9.17, 15) is 4.79 Å². The Morgan fingerprint density at radius 1 is 1.33 bits per heavy atom. The highest BCUT2D eigenvalue weighted by Gasteiger charge is 2.25. The molecule has 0 atom stereocenters. The van der Waals surface area contributed by atoms with Crippen LogP contribution in [0, 0.1) is 6.92 Å². The fourth-order valence-corrected chi connectivity index (χ4v) is 3.20. The number of aromatic nitrogens is 1. The van der Waals surface area contributed by atoms with E-state index >= 15 is 0 Å². The minimum absolute atomic E-state index is 0.103. The first-order valence-electron chi connectivity index (χ1n) is 7.55. The second-order valence-corrected chi connectivity index (χ2v) is 5.77. The van der Waals surface area contributed by atoms with Crippen molar-refractivity contribution in [3.8, 4) is 0 Å². The van der Waals surface area contributed by atoms with Gasteiger partial charge in [-0.3, -0.25) is 9.69 Å². The summed E-state index contributed by atoms with van der Waals surface area (Å²) in [5.41, 5.74) is 5.39. The quantitative estimate of drug-likeness (QED) is 0.811. The molecule has 0 unspecified atom stereocenters. The topological polar surface area (TPSA) is 34.5 Å². The summed E-state index contributed by atoms with van der Waals surface area (Å²) in [4.78, 5) is 13.8. The van der Waals surface area contributed by atoms with Crippen LogP contribution in [0.1, 0.15) is 30.2 Å². The van der Waals surface area contributed by atoms with Crippen molar-refractivity contribution in [1.29, 1.82) is 0 Å². The molecular formula is C17H22N2O2. The Morgan fingerprint density at radius 2 is 2.14 bits per heavy atom. The molecule has 0 bridgehead atoms. The van der Waals surface area contributed by atoms with Gasteiger partial charge in [0, 0.05) is 43.3 Å². The molecule has 2 aromatic rings. The van der Waals surface area contributed by atoms with Gasteiger partial charge in [-0.2, -0.15) is 0 Å². The molecule has 112 valence electrons. The van der Waals surface area contributed by atoms with Crippen molar-refractivity contribution in [3.05, 3.63) is 35.0 Å². The highest BCUT2D eigenvalue weighted by Crippen LogP contribution is 2.33. The standard InChI is InChI=1S/C17H22N2O2/c1-4-21-17(20)7-8-19-10-14-13-9-12(2)5-6-15(13)18(3)16(14)11-19/h5-6,9H,4,7-8,10-11H2,1-3H3. The summed E-state index contributed by atoms with van der Waals surface area (Å²) in [5.74, 6) is -0.103. The van der Waals surface area contributed by atoms with Gasteiger partial charge in [0.15, 0.2) is 0 Å². The molecule has 1 aromatic carbocycles. The van der Waals surface area contributed by atoms with Crippen LogP contribution in [0.25, 0.3) is 10.9 Å². The van der Waals surface area contributed by atoms with E-state index in [1.807, 2.05) is 6.92 Å². The van der Waals surface area contributed by atoms with Gasteiger partial charge in [0.25, 0.3) is 0 Å². The Bertz CT molecular complexity index is 688. The average molecular weight is 286 g/mol.